The number of halogens is 1. The van der Waals surface area contributed by atoms with Crippen LogP contribution < -0.4 is 10.1 Å². The van der Waals surface area contributed by atoms with Gasteiger partial charge in [-0.3, -0.25) is 4.79 Å². The molecule has 1 N–H and O–H groups in total. The predicted molar refractivity (Wildman–Crippen MR) is 84.0 cm³/mol. The van der Waals surface area contributed by atoms with Crippen LogP contribution in [0.15, 0.2) is 54.6 Å². The van der Waals surface area contributed by atoms with Gasteiger partial charge in [-0.15, -0.1) is 0 Å². The first kappa shape index (κ1) is 14.9. The average Bonchev–Trinajstić information content (AvgIpc) is 2.56. The number of hydrogen-bond acceptors (Lipinski definition) is 3. The maximum atomic E-state index is 11.3. The van der Waals surface area contributed by atoms with Crippen LogP contribution >= 0.6 is 11.6 Å². The highest BCUT2D eigenvalue weighted by Gasteiger charge is 2.30. The Labute approximate surface area is 134 Å². The summed E-state index contributed by atoms with van der Waals surface area (Å²) in [4.78, 5) is 11.3. The molecule has 4 nitrogen and oxygen atoms in total. The molecule has 1 aliphatic heterocycles. The molecule has 1 aliphatic rings. The second kappa shape index (κ2) is 6.81. The molecule has 1 heterocycles. The highest BCUT2D eigenvalue weighted by atomic mass is 35.5. The second-order valence-corrected chi connectivity index (χ2v) is 5.44. The first-order chi connectivity index (χ1) is 10.7. The van der Waals surface area contributed by atoms with Crippen molar-refractivity contribution < 1.29 is 14.3 Å². The average molecular weight is 318 g/mol. The quantitative estimate of drug-likeness (QED) is 0.943. The Hall–Kier alpha value is -2.04. The fraction of sp³-hybridized carbons (Fsp3) is 0.235. The minimum Gasteiger partial charge on any atom is -0.481 e. The summed E-state index contributed by atoms with van der Waals surface area (Å²) in [5.41, 5.74) is 0.976. The van der Waals surface area contributed by atoms with Crippen LogP contribution in [0.25, 0.3) is 0 Å². The number of nitrogens with one attached hydrogen (secondary N) is 1. The molecule has 2 aromatic carbocycles. The Balaban J connectivity index is 1.86. The molecule has 2 atom stereocenters. The summed E-state index contributed by atoms with van der Waals surface area (Å²) in [6.45, 7) is 0.447. The number of para-hydroxylation sites is 1. The van der Waals surface area contributed by atoms with Crippen molar-refractivity contribution in [2.75, 3.05) is 13.2 Å². The molecule has 0 aromatic heterocycles. The van der Waals surface area contributed by atoms with Crippen LogP contribution in [0.2, 0.25) is 5.02 Å². The zero-order chi connectivity index (χ0) is 15.4. The summed E-state index contributed by atoms with van der Waals surface area (Å²) in [7, 11) is 0. The number of carbonyl (C=O) groups excluding carboxylic acids is 1. The van der Waals surface area contributed by atoms with Gasteiger partial charge < -0.3 is 14.8 Å². The summed E-state index contributed by atoms with van der Waals surface area (Å²) in [5.74, 6) is 0.485. The van der Waals surface area contributed by atoms with Gasteiger partial charge in [0.2, 0.25) is 5.91 Å². The van der Waals surface area contributed by atoms with E-state index in [0.717, 1.165) is 5.56 Å². The lowest BCUT2D eigenvalue weighted by atomic mass is 10.0. The summed E-state index contributed by atoms with van der Waals surface area (Å²) >= 11 is 6.18. The molecule has 114 valence electrons. The van der Waals surface area contributed by atoms with Crippen LogP contribution in [0.4, 0.5) is 0 Å². The van der Waals surface area contributed by atoms with E-state index in [1.54, 1.807) is 6.07 Å². The number of carbonyl (C=O) groups is 1. The number of morpholine rings is 1. The van der Waals surface area contributed by atoms with Crippen molar-refractivity contribution in [3.05, 3.63) is 65.2 Å². The van der Waals surface area contributed by atoms with Gasteiger partial charge in [0.05, 0.1) is 5.02 Å². The van der Waals surface area contributed by atoms with E-state index in [1.165, 1.54) is 0 Å². The van der Waals surface area contributed by atoms with E-state index in [0.29, 0.717) is 17.3 Å². The molecule has 22 heavy (non-hydrogen) atoms. The van der Waals surface area contributed by atoms with E-state index in [1.807, 2.05) is 48.5 Å². The molecule has 1 saturated heterocycles. The topological polar surface area (TPSA) is 47.6 Å². The van der Waals surface area contributed by atoms with Crippen LogP contribution in [0, 0.1) is 0 Å². The van der Waals surface area contributed by atoms with Gasteiger partial charge in [-0.05, 0) is 17.7 Å². The lowest BCUT2D eigenvalue weighted by molar-refractivity contribution is -0.137. The molecule has 0 radical (unpaired) electrons. The van der Waals surface area contributed by atoms with E-state index in [-0.39, 0.29) is 24.7 Å². The molecule has 1 fully saturated rings. The van der Waals surface area contributed by atoms with Gasteiger partial charge in [0, 0.05) is 6.54 Å². The van der Waals surface area contributed by atoms with Gasteiger partial charge in [0.25, 0.3) is 0 Å². The van der Waals surface area contributed by atoms with Crippen molar-refractivity contribution in [1.82, 2.24) is 5.32 Å². The normalized spacial score (nSPS) is 19.3. The highest BCUT2D eigenvalue weighted by molar-refractivity contribution is 6.32. The molecule has 0 spiro atoms. The zero-order valence-corrected chi connectivity index (χ0v) is 12.6. The lowest BCUT2D eigenvalue weighted by Gasteiger charge is -2.31. The lowest BCUT2D eigenvalue weighted by Crippen LogP contribution is -2.46. The minimum absolute atomic E-state index is 0.0415. The number of amides is 1. The van der Waals surface area contributed by atoms with Crippen molar-refractivity contribution in [1.29, 1.82) is 0 Å². The zero-order valence-electron chi connectivity index (χ0n) is 11.9. The van der Waals surface area contributed by atoms with Crippen LogP contribution in [0.1, 0.15) is 11.7 Å². The van der Waals surface area contributed by atoms with Crippen molar-refractivity contribution >= 4 is 17.5 Å². The van der Waals surface area contributed by atoms with Gasteiger partial charge in [0.15, 0.2) is 6.10 Å². The smallest absolute Gasteiger partial charge is 0.246 e. The Bertz CT molecular complexity index is 637. The maximum Gasteiger partial charge on any atom is 0.246 e. The predicted octanol–water partition coefficient (Wildman–Crippen LogP) is 2.98. The summed E-state index contributed by atoms with van der Waals surface area (Å²) in [6.07, 6.45) is -0.613. The number of ether oxygens (including phenoxy) is 2. The van der Waals surface area contributed by atoms with Gasteiger partial charge >= 0.3 is 0 Å². The van der Waals surface area contributed by atoms with E-state index in [4.69, 9.17) is 21.1 Å². The van der Waals surface area contributed by atoms with Crippen molar-refractivity contribution in [2.45, 2.75) is 12.2 Å². The first-order valence-corrected chi connectivity index (χ1v) is 7.46. The third-order valence-corrected chi connectivity index (χ3v) is 3.80. The summed E-state index contributed by atoms with van der Waals surface area (Å²) in [5, 5.41) is 3.35. The van der Waals surface area contributed by atoms with E-state index >= 15 is 0 Å². The fourth-order valence-corrected chi connectivity index (χ4v) is 2.56. The number of hydrogen-bond donors (Lipinski definition) is 1. The molecule has 5 heteroatoms. The van der Waals surface area contributed by atoms with Gasteiger partial charge in [-0.2, -0.15) is 0 Å². The van der Waals surface area contributed by atoms with Crippen molar-refractivity contribution in [3.8, 4) is 5.75 Å². The van der Waals surface area contributed by atoms with Gasteiger partial charge in [-0.25, -0.2) is 0 Å². The van der Waals surface area contributed by atoms with Crippen molar-refractivity contribution in [2.24, 2.45) is 0 Å². The third-order valence-electron chi connectivity index (χ3n) is 3.49. The standard InChI is InChI=1S/C17H16ClNO3/c18-13-8-4-5-9-14(13)22-17(12-6-2-1-3-7-12)15-10-19-16(20)11-21-15/h1-9,15,17H,10-11H2,(H,19,20). The summed E-state index contributed by atoms with van der Waals surface area (Å²) in [6, 6.07) is 17.1. The number of rotatable bonds is 4. The number of benzene rings is 2. The van der Waals surface area contributed by atoms with E-state index < -0.39 is 0 Å². The molecule has 2 unspecified atom stereocenters. The second-order valence-electron chi connectivity index (χ2n) is 5.03. The molecule has 0 bridgehead atoms. The highest BCUT2D eigenvalue weighted by Crippen LogP contribution is 2.31. The molecule has 0 saturated carbocycles. The molecule has 1 amide bonds. The van der Waals surface area contributed by atoms with Gasteiger partial charge in [-0.1, -0.05) is 54.1 Å². The monoisotopic (exact) mass is 317 g/mol. The molecule has 3 rings (SSSR count). The minimum atomic E-state index is -0.346. The largest absolute Gasteiger partial charge is 0.481 e. The maximum absolute atomic E-state index is 11.3. The third kappa shape index (κ3) is 3.40. The van der Waals surface area contributed by atoms with Crippen LogP contribution in [-0.2, 0) is 9.53 Å². The molecule has 2 aromatic rings. The molecule has 0 aliphatic carbocycles. The van der Waals surface area contributed by atoms with E-state index in [9.17, 15) is 4.79 Å². The fourth-order valence-electron chi connectivity index (χ4n) is 2.38. The Morgan fingerprint density at radius 1 is 1.14 bits per heavy atom. The summed E-state index contributed by atoms with van der Waals surface area (Å²) < 4.78 is 11.7. The molecular weight excluding hydrogens is 302 g/mol. The van der Waals surface area contributed by atoms with E-state index in [2.05, 4.69) is 5.32 Å². The van der Waals surface area contributed by atoms with Crippen molar-refractivity contribution in [3.63, 3.8) is 0 Å². The first-order valence-electron chi connectivity index (χ1n) is 7.08. The van der Waals surface area contributed by atoms with Crippen LogP contribution in [0.5, 0.6) is 5.75 Å². The Kier molecular flexibility index (Phi) is 4.61. The SMILES string of the molecule is O=C1COC(C(Oc2ccccc2Cl)c2ccccc2)CN1. The Morgan fingerprint density at radius 3 is 2.55 bits per heavy atom. The van der Waals surface area contributed by atoms with Gasteiger partial charge in [0.1, 0.15) is 18.5 Å². The van der Waals surface area contributed by atoms with Crippen LogP contribution in [-0.4, -0.2) is 25.2 Å². The van der Waals surface area contributed by atoms with Crippen LogP contribution in [0.3, 0.4) is 0 Å². The molecular formula is C17H16ClNO3. The Morgan fingerprint density at radius 2 is 1.86 bits per heavy atom.